The zero-order chi connectivity index (χ0) is 9.56. The Morgan fingerprint density at radius 3 is 2.50 bits per heavy atom. The Bertz CT molecular complexity index is 263. The summed E-state index contributed by atoms with van der Waals surface area (Å²) in [6, 6.07) is 3.43. The number of aromatic nitrogens is 1. The number of hydrogen-bond acceptors (Lipinski definition) is 2. The zero-order valence-electron chi connectivity index (χ0n) is 6.91. The van der Waals surface area contributed by atoms with Gasteiger partial charge in [-0.05, 0) is 18.6 Å². The average Bonchev–Trinajstić information content (AvgIpc) is 2.08. The van der Waals surface area contributed by atoms with E-state index in [0.29, 0.717) is 5.56 Å². The van der Waals surface area contributed by atoms with Crippen LogP contribution in [0.4, 0.5) is 0 Å². The molecule has 0 saturated heterocycles. The molecule has 4 heteroatoms. The van der Waals surface area contributed by atoms with Gasteiger partial charge in [-0.1, -0.05) is 6.07 Å². The third-order valence-electron chi connectivity index (χ3n) is 1.21. The number of carboxylic acid groups (broad SMARTS) is 1. The summed E-state index contributed by atoms with van der Waals surface area (Å²) in [6.07, 6.45) is 2.94. The van der Waals surface area contributed by atoms with Crippen molar-refractivity contribution in [2.45, 2.75) is 6.92 Å². The maximum atomic E-state index is 10.4. The van der Waals surface area contributed by atoms with Crippen LogP contribution in [0.5, 0.6) is 0 Å². The van der Waals surface area contributed by atoms with Gasteiger partial charge in [-0.15, -0.1) is 11.6 Å². The Labute approximate surface area is 76.0 Å². The first-order valence-electron chi connectivity index (χ1n) is 3.24. The number of alkyl halides is 1. The molecule has 0 aromatic carbocycles. The number of aromatic carboxylic acids is 1. The summed E-state index contributed by atoms with van der Waals surface area (Å²) >= 11 is 4.64. The van der Waals surface area contributed by atoms with Crippen LogP contribution in [-0.4, -0.2) is 22.4 Å². The molecule has 0 saturated carbocycles. The van der Waals surface area contributed by atoms with Gasteiger partial charge in [0.15, 0.2) is 5.69 Å². The molecule has 0 unspecified atom stereocenters. The fourth-order valence-electron chi connectivity index (χ4n) is 0.710. The first kappa shape index (κ1) is 10.9. The van der Waals surface area contributed by atoms with Crippen LogP contribution < -0.4 is 0 Å². The second kappa shape index (κ2) is 5.55. The van der Waals surface area contributed by atoms with Gasteiger partial charge < -0.3 is 5.11 Å². The lowest BCUT2D eigenvalue weighted by Crippen LogP contribution is -2.01. The second-order valence-electron chi connectivity index (χ2n) is 1.97. The molecule has 1 heterocycles. The number of rotatable bonds is 1. The SMILES string of the molecule is CCl.Cc1cccnc1C(=O)O. The Morgan fingerprint density at radius 1 is 1.58 bits per heavy atom. The molecule has 0 aliphatic heterocycles. The van der Waals surface area contributed by atoms with Crippen LogP contribution in [-0.2, 0) is 0 Å². The predicted molar refractivity (Wildman–Crippen MR) is 47.7 cm³/mol. The summed E-state index contributed by atoms with van der Waals surface area (Å²) < 4.78 is 0. The minimum Gasteiger partial charge on any atom is -0.477 e. The molecule has 1 rings (SSSR count). The van der Waals surface area contributed by atoms with Gasteiger partial charge in [0, 0.05) is 12.6 Å². The van der Waals surface area contributed by atoms with Crippen LogP contribution in [0.3, 0.4) is 0 Å². The van der Waals surface area contributed by atoms with E-state index in [1.54, 1.807) is 19.1 Å². The third kappa shape index (κ3) is 2.88. The molecule has 1 aromatic heterocycles. The van der Waals surface area contributed by atoms with Gasteiger partial charge in [0.25, 0.3) is 0 Å². The summed E-state index contributed by atoms with van der Waals surface area (Å²) in [5, 5.41) is 8.50. The van der Waals surface area contributed by atoms with Crippen LogP contribution in [0.15, 0.2) is 18.3 Å². The average molecular weight is 188 g/mol. The third-order valence-corrected chi connectivity index (χ3v) is 1.21. The highest BCUT2D eigenvalue weighted by Gasteiger charge is 2.05. The van der Waals surface area contributed by atoms with Crippen molar-refractivity contribution in [3.05, 3.63) is 29.6 Å². The maximum absolute atomic E-state index is 10.4. The standard InChI is InChI=1S/C7H7NO2.CH3Cl/c1-5-3-2-4-8-6(5)7(9)10;1-2/h2-4H,1H3,(H,9,10);1H3. The van der Waals surface area contributed by atoms with Gasteiger partial charge in [0.2, 0.25) is 0 Å². The van der Waals surface area contributed by atoms with Gasteiger partial charge >= 0.3 is 5.97 Å². The molecule has 0 bridgehead atoms. The van der Waals surface area contributed by atoms with Crippen molar-refractivity contribution in [3.63, 3.8) is 0 Å². The Balaban J connectivity index is 0.000000561. The van der Waals surface area contributed by atoms with E-state index in [4.69, 9.17) is 5.11 Å². The lowest BCUT2D eigenvalue weighted by molar-refractivity contribution is 0.0689. The molecule has 0 atom stereocenters. The van der Waals surface area contributed by atoms with E-state index < -0.39 is 5.97 Å². The molecule has 0 amide bonds. The number of halogens is 1. The summed E-state index contributed by atoms with van der Waals surface area (Å²) in [5.74, 6) is -0.974. The lowest BCUT2D eigenvalue weighted by Gasteiger charge is -1.95. The minimum absolute atomic E-state index is 0.127. The van der Waals surface area contributed by atoms with Crippen molar-refractivity contribution < 1.29 is 9.90 Å². The monoisotopic (exact) mass is 187 g/mol. The number of carbonyl (C=O) groups is 1. The van der Waals surface area contributed by atoms with Crippen LogP contribution >= 0.6 is 11.6 Å². The zero-order valence-corrected chi connectivity index (χ0v) is 7.67. The number of hydrogen-bond donors (Lipinski definition) is 1. The van der Waals surface area contributed by atoms with E-state index in [1.807, 2.05) is 0 Å². The van der Waals surface area contributed by atoms with Gasteiger partial charge in [-0.2, -0.15) is 0 Å². The lowest BCUT2D eigenvalue weighted by atomic mass is 10.2. The van der Waals surface area contributed by atoms with Crippen molar-refractivity contribution in [3.8, 4) is 0 Å². The molecule has 0 aliphatic carbocycles. The summed E-state index contributed by atoms with van der Waals surface area (Å²) in [6.45, 7) is 1.72. The van der Waals surface area contributed by atoms with Crippen LogP contribution in [0, 0.1) is 6.92 Å². The largest absolute Gasteiger partial charge is 0.477 e. The van der Waals surface area contributed by atoms with Crippen molar-refractivity contribution >= 4 is 17.6 Å². The number of aryl methyl sites for hydroxylation is 1. The molecular weight excluding hydrogens is 178 g/mol. The Morgan fingerprint density at radius 2 is 2.17 bits per heavy atom. The molecule has 66 valence electrons. The quantitative estimate of drug-likeness (QED) is 0.684. The van der Waals surface area contributed by atoms with Crippen LogP contribution in [0.25, 0.3) is 0 Å². The molecular formula is C8H10ClNO2. The van der Waals surface area contributed by atoms with E-state index in [-0.39, 0.29) is 5.69 Å². The number of carboxylic acids is 1. The fourth-order valence-corrected chi connectivity index (χ4v) is 0.710. The molecule has 3 nitrogen and oxygen atoms in total. The minimum atomic E-state index is -0.974. The summed E-state index contributed by atoms with van der Waals surface area (Å²) in [7, 11) is 0. The summed E-state index contributed by atoms with van der Waals surface area (Å²) in [5.41, 5.74) is 0.817. The molecule has 0 spiro atoms. The van der Waals surface area contributed by atoms with Crippen molar-refractivity contribution in [1.29, 1.82) is 0 Å². The molecule has 0 aliphatic rings. The van der Waals surface area contributed by atoms with Crippen molar-refractivity contribution in [1.82, 2.24) is 4.98 Å². The van der Waals surface area contributed by atoms with Crippen LogP contribution in [0.1, 0.15) is 16.1 Å². The molecule has 0 fully saturated rings. The van der Waals surface area contributed by atoms with E-state index in [2.05, 4.69) is 16.6 Å². The maximum Gasteiger partial charge on any atom is 0.354 e. The van der Waals surface area contributed by atoms with Crippen LogP contribution in [0.2, 0.25) is 0 Å². The second-order valence-corrected chi connectivity index (χ2v) is 1.97. The normalized spacial score (nSPS) is 8.25. The first-order chi connectivity index (χ1) is 5.72. The molecule has 1 aromatic rings. The Kier molecular flexibility index (Phi) is 5.04. The highest BCUT2D eigenvalue weighted by Crippen LogP contribution is 2.01. The molecule has 1 N–H and O–H groups in total. The smallest absolute Gasteiger partial charge is 0.354 e. The first-order valence-corrected chi connectivity index (χ1v) is 4.00. The van der Waals surface area contributed by atoms with Crippen molar-refractivity contribution in [2.75, 3.05) is 6.38 Å². The molecule has 12 heavy (non-hydrogen) atoms. The Hall–Kier alpha value is -1.09. The summed E-state index contributed by atoms with van der Waals surface area (Å²) in [4.78, 5) is 14.0. The number of pyridine rings is 1. The van der Waals surface area contributed by atoms with E-state index in [1.165, 1.54) is 12.6 Å². The van der Waals surface area contributed by atoms with Crippen molar-refractivity contribution in [2.24, 2.45) is 0 Å². The van der Waals surface area contributed by atoms with E-state index in [0.717, 1.165) is 0 Å². The van der Waals surface area contributed by atoms with E-state index in [9.17, 15) is 4.79 Å². The fraction of sp³-hybridized carbons (Fsp3) is 0.250. The highest BCUT2D eigenvalue weighted by atomic mass is 35.5. The van der Waals surface area contributed by atoms with Gasteiger partial charge in [0.05, 0.1) is 0 Å². The predicted octanol–water partition coefficient (Wildman–Crippen LogP) is 1.94. The topological polar surface area (TPSA) is 50.2 Å². The molecule has 0 radical (unpaired) electrons. The van der Waals surface area contributed by atoms with Gasteiger partial charge in [-0.25, -0.2) is 9.78 Å². The highest BCUT2D eigenvalue weighted by molar-refractivity contribution is 6.15. The van der Waals surface area contributed by atoms with Gasteiger partial charge in [0.1, 0.15) is 0 Å². The van der Waals surface area contributed by atoms with E-state index >= 15 is 0 Å². The van der Waals surface area contributed by atoms with Gasteiger partial charge in [-0.3, -0.25) is 0 Å². The number of nitrogens with zero attached hydrogens (tertiary/aromatic N) is 1.